The number of hydrogen-bond donors (Lipinski definition) is 2. The summed E-state index contributed by atoms with van der Waals surface area (Å²) < 4.78 is 1.59. The molecule has 1 fully saturated rings. The third kappa shape index (κ3) is 2.93. The highest BCUT2D eigenvalue weighted by Crippen LogP contribution is 2.19. The minimum atomic E-state index is -0.252. The van der Waals surface area contributed by atoms with Gasteiger partial charge in [-0.15, -0.1) is 5.10 Å². The van der Waals surface area contributed by atoms with Crippen LogP contribution in [0, 0.1) is 0 Å². The van der Waals surface area contributed by atoms with Crippen LogP contribution >= 0.6 is 0 Å². The number of anilines is 1. The molecule has 1 aliphatic rings. The quantitative estimate of drug-likeness (QED) is 0.749. The number of aromatic nitrogens is 6. The standard InChI is InChI=1S/C14H14N8O/c1-22-7-11(20-21-22)10-6-15-9-4-5-12(18-13(9)17-10)19-14(23)16-8-2-3-8/h4-8H,2-3H2,1H3,(H2,16,17,18,19,23). The van der Waals surface area contributed by atoms with E-state index >= 15 is 0 Å². The zero-order chi connectivity index (χ0) is 15.8. The fourth-order valence-electron chi connectivity index (χ4n) is 2.12. The van der Waals surface area contributed by atoms with Gasteiger partial charge in [-0.05, 0) is 25.0 Å². The Hall–Kier alpha value is -3.10. The molecule has 3 heterocycles. The molecule has 9 heteroatoms. The lowest BCUT2D eigenvalue weighted by Crippen LogP contribution is -2.30. The summed E-state index contributed by atoms with van der Waals surface area (Å²) in [6.45, 7) is 0. The molecule has 1 aliphatic carbocycles. The first kappa shape index (κ1) is 13.6. The predicted molar refractivity (Wildman–Crippen MR) is 82.5 cm³/mol. The van der Waals surface area contributed by atoms with Crippen LogP contribution in [-0.2, 0) is 7.05 Å². The molecule has 0 atom stereocenters. The molecule has 23 heavy (non-hydrogen) atoms. The molecule has 3 aromatic heterocycles. The molecule has 1 saturated carbocycles. The normalized spacial score (nSPS) is 14.0. The lowest BCUT2D eigenvalue weighted by molar-refractivity contribution is 0.251. The van der Waals surface area contributed by atoms with E-state index in [1.165, 1.54) is 0 Å². The summed E-state index contributed by atoms with van der Waals surface area (Å²) >= 11 is 0. The van der Waals surface area contributed by atoms with E-state index < -0.39 is 0 Å². The first-order valence-corrected chi connectivity index (χ1v) is 7.25. The Morgan fingerprint density at radius 1 is 1.26 bits per heavy atom. The molecule has 2 N–H and O–H groups in total. The molecule has 9 nitrogen and oxygen atoms in total. The summed E-state index contributed by atoms with van der Waals surface area (Å²) in [5.41, 5.74) is 2.29. The molecular formula is C14H14N8O. The maximum Gasteiger partial charge on any atom is 0.320 e. The number of carbonyl (C=O) groups is 1. The molecule has 0 bridgehead atoms. The second kappa shape index (κ2) is 5.27. The number of carbonyl (C=O) groups excluding carboxylic acids is 1. The molecule has 4 rings (SSSR count). The minimum Gasteiger partial charge on any atom is -0.335 e. The first-order chi connectivity index (χ1) is 11.2. The number of amides is 2. The van der Waals surface area contributed by atoms with Gasteiger partial charge < -0.3 is 5.32 Å². The molecule has 0 unspecified atom stereocenters. The highest BCUT2D eigenvalue weighted by atomic mass is 16.2. The van der Waals surface area contributed by atoms with Gasteiger partial charge in [0.25, 0.3) is 0 Å². The van der Waals surface area contributed by atoms with E-state index in [1.54, 1.807) is 36.3 Å². The summed E-state index contributed by atoms with van der Waals surface area (Å²) in [5.74, 6) is 0.432. The largest absolute Gasteiger partial charge is 0.335 e. The smallest absolute Gasteiger partial charge is 0.320 e. The fourth-order valence-corrected chi connectivity index (χ4v) is 2.12. The van der Waals surface area contributed by atoms with Crippen molar-refractivity contribution >= 4 is 23.0 Å². The van der Waals surface area contributed by atoms with Gasteiger partial charge in [-0.1, -0.05) is 5.21 Å². The van der Waals surface area contributed by atoms with Gasteiger partial charge in [0.2, 0.25) is 0 Å². The van der Waals surface area contributed by atoms with Gasteiger partial charge in [-0.25, -0.2) is 14.8 Å². The molecule has 0 spiro atoms. The number of pyridine rings is 1. The van der Waals surface area contributed by atoms with E-state index in [4.69, 9.17) is 0 Å². The summed E-state index contributed by atoms with van der Waals surface area (Å²) in [6.07, 6.45) is 5.44. The van der Waals surface area contributed by atoms with Crippen LogP contribution in [0.2, 0.25) is 0 Å². The Morgan fingerprint density at radius 2 is 2.13 bits per heavy atom. The monoisotopic (exact) mass is 310 g/mol. The van der Waals surface area contributed by atoms with Crippen LogP contribution in [0.5, 0.6) is 0 Å². The molecule has 3 aromatic rings. The van der Waals surface area contributed by atoms with Crippen LogP contribution in [0.15, 0.2) is 24.5 Å². The third-order valence-electron chi connectivity index (χ3n) is 3.43. The topological polar surface area (TPSA) is 111 Å². The van der Waals surface area contributed by atoms with Gasteiger partial charge >= 0.3 is 6.03 Å². The number of nitrogens with zero attached hydrogens (tertiary/aromatic N) is 6. The zero-order valence-electron chi connectivity index (χ0n) is 12.4. The molecule has 2 amide bonds. The summed E-state index contributed by atoms with van der Waals surface area (Å²) in [5, 5.41) is 13.4. The van der Waals surface area contributed by atoms with Crippen molar-refractivity contribution in [2.24, 2.45) is 7.05 Å². The van der Waals surface area contributed by atoms with Gasteiger partial charge in [-0.2, -0.15) is 0 Å². The second-order valence-electron chi connectivity index (χ2n) is 5.44. The van der Waals surface area contributed by atoms with Crippen molar-refractivity contribution < 1.29 is 4.79 Å². The van der Waals surface area contributed by atoms with Crippen LogP contribution in [0.1, 0.15) is 12.8 Å². The van der Waals surface area contributed by atoms with Crippen molar-refractivity contribution in [2.45, 2.75) is 18.9 Å². The Labute approximate surface area is 131 Å². The highest BCUT2D eigenvalue weighted by molar-refractivity contribution is 5.89. The Bertz CT molecular complexity index is 885. The van der Waals surface area contributed by atoms with Gasteiger partial charge in [0.1, 0.15) is 22.7 Å². The van der Waals surface area contributed by atoms with Crippen LogP contribution < -0.4 is 10.6 Å². The van der Waals surface area contributed by atoms with Crippen molar-refractivity contribution in [2.75, 3.05) is 5.32 Å². The molecule has 0 aromatic carbocycles. The number of aryl methyl sites for hydroxylation is 1. The number of hydrogen-bond acceptors (Lipinski definition) is 6. The zero-order valence-corrected chi connectivity index (χ0v) is 12.4. The van der Waals surface area contributed by atoms with Crippen molar-refractivity contribution in [1.29, 1.82) is 0 Å². The van der Waals surface area contributed by atoms with E-state index in [9.17, 15) is 4.79 Å². The molecule has 0 radical (unpaired) electrons. The van der Waals surface area contributed by atoms with Crippen molar-refractivity contribution in [1.82, 2.24) is 35.3 Å². The average Bonchev–Trinajstić information content (AvgIpc) is 3.24. The fraction of sp³-hybridized carbons (Fsp3) is 0.286. The summed E-state index contributed by atoms with van der Waals surface area (Å²) in [4.78, 5) is 24.9. The van der Waals surface area contributed by atoms with Gasteiger partial charge in [-0.3, -0.25) is 15.0 Å². The lowest BCUT2D eigenvalue weighted by Gasteiger charge is -2.06. The van der Waals surface area contributed by atoms with Crippen molar-refractivity contribution in [3.05, 3.63) is 24.5 Å². The first-order valence-electron chi connectivity index (χ1n) is 7.25. The summed E-state index contributed by atoms with van der Waals surface area (Å²) in [6, 6.07) is 3.50. The lowest BCUT2D eigenvalue weighted by atomic mass is 10.3. The second-order valence-corrected chi connectivity index (χ2v) is 5.44. The molecule has 116 valence electrons. The van der Waals surface area contributed by atoms with Crippen molar-refractivity contribution in [3.8, 4) is 11.4 Å². The Kier molecular flexibility index (Phi) is 3.11. The van der Waals surface area contributed by atoms with E-state index in [2.05, 4.69) is 35.9 Å². The van der Waals surface area contributed by atoms with E-state index in [0.29, 0.717) is 34.4 Å². The van der Waals surface area contributed by atoms with E-state index in [0.717, 1.165) is 12.8 Å². The summed E-state index contributed by atoms with van der Waals surface area (Å²) in [7, 11) is 1.78. The van der Waals surface area contributed by atoms with Crippen LogP contribution in [0.3, 0.4) is 0 Å². The third-order valence-corrected chi connectivity index (χ3v) is 3.43. The maximum absolute atomic E-state index is 11.8. The van der Waals surface area contributed by atoms with Crippen LogP contribution in [-0.4, -0.2) is 42.0 Å². The average molecular weight is 310 g/mol. The number of urea groups is 1. The number of nitrogens with one attached hydrogen (secondary N) is 2. The number of rotatable bonds is 3. The SMILES string of the molecule is Cn1cc(-c2cnc3ccc(NC(=O)NC4CC4)nc3n2)nn1. The molecule has 0 aliphatic heterocycles. The molecule has 0 saturated heterocycles. The van der Waals surface area contributed by atoms with Crippen LogP contribution in [0.25, 0.3) is 22.6 Å². The number of fused-ring (bicyclic) bond motifs is 1. The Balaban J connectivity index is 1.62. The maximum atomic E-state index is 11.8. The van der Waals surface area contributed by atoms with Gasteiger partial charge in [0.05, 0.1) is 12.4 Å². The van der Waals surface area contributed by atoms with Gasteiger partial charge in [0.15, 0.2) is 5.65 Å². The van der Waals surface area contributed by atoms with Crippen LogP contribution in [0.4, 0.5) is 10.6 Å². The van der Waals surface area contributed by atoms with E-state index in [1.807, 2.05) is 0 Å². The molecular weight excluding hydrogens is 296 g/mol. The Morgan fingerprint density at radius 3 is 2.87 bits per heavy atom. The van der Waals surface area contributed by atoms with Crippen molar-refractivity contribution in [3.63, 3.8) is 0 Å². The highest BCUT2D eigenvalue weighted by Gasteiger charge is 2.23. The predicted octanol–water partition coefficient (Wildman–Crippen LogP) is 1.10. The van der Waals surface area contributed by atoms with E-state index in [-0.39, 0.29) is 6.03 Å². The minimum absolute atomic E-state index is 0.252. The van der Waals surface area contributed by atoms with Gasteiger partial charge in [0, 0.05) is 13.1 Å².